The normalized spacial score (nSPS) is 17.0. The molecule has 1 N–H and O–H groups in total. The molecule has 0 radical (unpaired) electrons. The summed E-state index contributed by atoms with van der Waals surface area (Å²) >= 11 is 0. The van der Waals surface area contributed by atoms with E-state index in [0.717, 1.165) is 30.6 Å². The third-order valence-electron chi connectivity index (χ3n) is 5.20. The lowest BCUT2D eigenvalue weighted by Gasteiger charge is -2.33. The zero-order valence-electron chi connectivity index (χ0n) is 16.8. The number of hydrogen-bond acceptors (Lipinski definition) is 5. The number of ether oxygens (including phenoxy) is 1. The highest BCUT2D eigenvalue weighted by Gasteiger charge is 2.30. The van der Waals surface area contributed by atoms with Gasteiger partial charge in [0.2, 0.25) is 5.88 Å². The highest BCUT2D eigenvalue weighted by atomic mass is 19.4. The molecule has 162 valence electrons. The molecule has 0 unspecified atom stereocenters. The third-order valence-corrected chi connectivity index (χ3v) is 5.20. The van der Waals surface area contributed by atoms with Gasteiger partial charge in [0.15, 0.2) is 0 Å². The van der Waals surface area contributed by atoms with Crippen LogP contribution >= 0.6 is 0 Å². The van der Waals surface area contributed by atoms with E-state index in [4.69, 9.17) is 4.74 Å². The van der Waals surface area contributed by atoms with Crippen LogP contribution < -0.4 is 10.1 Å². The van der Waals surface area contributed by atoms with Gasteiger partial charge in [-0.2, -0.15) is 13.2 Å². The number of amides is 1. The highest BCUT2D eigenvalue weighted by molar-refractivity contribution is 5.95. The molecule has 1 aliphatic rings. The number of nitrogens with one attached hydrogen (secondary N) is 1. The minimum atomic E-state index is -4.45. The molecule has 1 atom stereocenters. The van der Waals surface area contributed by atoms with E-state index in [0.29, 0.717) is 30.0 Å². The Morgan fingerprint density at radius 3 is 2.77 bits per heavy atom. The predicted molar refractivity (Wildman–Crippen MR) is 109 cm³/mol. The molecule has 6 nitrogen and oxygen atoms in total. The summed E-state index contributed by atoms with van der Waals surface area (Å²) in [5.41, 5.74) is 0.164. The van der Waals surface area contributed by atoms with E-state index < -0.39 is 11.7 Å². The standard InChI is InChI=1S/C22H21F3N4O2/c1-2-16-13-29(10-9-26-16)21(30)19-6-3-14-11-17(5-7-18(14)28-19)31-20-8-4-15(12-27-20)22(23,24)25/h3-8,11-12,16,26H,2,9-10,13H2,1H3/t16-/m0/s1. The Morgan fingerprint density at radius 2 is 2.06 bits per heavy atom. The van der Waals surface area contributed by atoms with Crippen LogP contribution in [0.15, 0.2) is 48.7 Å². The number of halogens is 3. The molecule has 31 heavy (non-hydrogen) atoms. The van der Waals surface area contributed by atoms with Crippen LogP contribution in [-0.4, -0.2) is 46.5 Å². The molecular weight excluding hydrogens is 409 g/mol. The average Bonchev–Trinajstić information content (AvgIpc) is 2.78. The van der Waals surface area contributed by atoms with Crippen LogP contribution in [0.1, 0.15) is 29.4 Å². The fourth-order valence-corrected chi connectivity index (χ4v) is 3.46. The molecule has 0 bridgehead atoms. The predicted octanol–water partition coefficient (Wildman–Crippen LogP) is 4.26. The first kappa shape index (κ1) is 21.0. The maximum absolute atomic E-state index is 12.8. The fraction of sp³-hybridized carbons (Fsp3) is 0.318. The Hall–Kier alpha value is -3.20. The zero-order chi connectivity index (χ0) is 22.0. The first-order chi connectivity index (χ1) is 14.8. The Kier molecular flexibility index (Phi) is 5.77. The summed E-state index contributed by atoms with van der Waals surface area (Å²) in [6.07, 6.45) is -2.77. The molecule has 0 aliphatic carbocycles. The van der Waals surface area contributed by atoms with Gasteiger partial charge in [0, 0.05) is 43.3 Å². The van der Waals surface area contributed by atoms with Crippen LogP contribution in [-0.2, 0) is 6.18 Å². The summed E-state index contributed by atoms with van der Waals surface area (Å²) in [4.78, 5) is 22.8. The van der Waals surface area contributed by atoms with Gasteiger partial charge >= 0.3 is 6.18 Å². The molecule has 2 aromatic heterocycles. The van der Waals surface area contributed by atoms with E-state index in [1.165, 1.54) is 6.07 Å². The second-order valence-electron chi connectivity index (χ2n) is 7.35. The topological polar surface area (TPSA) is 67.4 Å². The van der Waals surface area contributed by atoms with Crippen LogP contribution in [0.4, 0.5) is 13.2 Å². The summed E-state index contributed by atoms with van der Waals surface area (Å²) in [6, 6.07) is 10.9. The van der Waals surface area contributed by atoms with Gasteiger partial charge in [0.1, 0.15) is 11.4 Å². The van der Waals surface area contributed by atoms with Crippen molar-refractivity contribution < 1.29 is 22.7 Å². The second-order valence-corrected chi connectivity index (χ2v) is 7.35. The number of rotatable bonds is 4. The molecule has 1 fully saturated rings. The molecule has 9 heteroatoms. The first-order valence-electron chi connectivity index (χ1n) is 9.98. The number of pyridine rings is 2. The van der Waals surface area contributed by atoms with Gasteiger partial charge in [-0.1, -0.05) is 13.0 Å². The number of benzene rings is 1. The van der Waals surface area contributed by atoms with Gasteiger partial charge in [-0.3, -0.25) is 4.79 Å². The summed E-state index contributed by atoms with van der Waals surface area (Å²) in [6.45, 7) is 4.14. The zero-order valence-corrected chi connectivity index (χ0v) is 16.8. The van der Waals surface area contributed by atoms with Crippen molar-refractivity contribution in [3.63, 3.8) is 0 Å². The van der Waals surface area contributed by atoms with Crippen molar-refractivity contribution in [2.75, 3.05) is 19.6 Å². The third kappa shape index (κ3) is 4.77. The number of nitrogens with zero attached hydrogens (tertiary/aromatic N) is 3. The maximum atomic E-state index is 12.8. The van der Waals surface area contributed by atoms with Gasteiger partial charge in [0.05, 0.1) is 11.1 Å². The summed E-state index contributed by atoms with van der Waals surface area (Å²) in [5.74, 6) is 0.362. The summed E-state index contributed by atoms with van der Waals surface area (Å²) in [5, 5.41) is 4.13. The molecule has 0 saturated carbocycles. The number of aromatic nitrogens is 2. The minimum absolute atomic E-state index is 0.0521. The molecule has 1 saturated heterocycles. The molecule has 0 spiro atoms. The number of alkyl halides is 3. The van der Waals surface area contributed by atoms with Gasteiger partial charge in [-0.25, -0.2) is 9.97 Å². The summed E-state index contributed by atoms with van der Waals surface area (Å²) < 4.78 is 43.5. The van der Waals surface area contributed by atoms with Crippen molar-refractivity contribution in [2.45, 2.75) is 25.6 Å². The first-order valence-corrected chi connectivity index (χ1v) is 9.98. The quantitative estimate of drug-likeness (QED) is 0.670. The number of fused-ring (bicyclic) bond motifs is 1. The van der Waals surface area contributed by atoms with Crippen molar-refractivity contribution in [1.29, 1.82) is 0 Å². The van der Waals surface area contributed by atoms with Crippen LogP contribution in [0.3, 0.4) is 0 Å². The van der Waals surface area contributed by atoms with E-state index in [9.17, 15) is 18.0 Å². The highest BCUT2D eigenvalue weighted by Crippen LogP contribution is 2.30. The van der Waals surface area contributed by atoms with E-state index in [1.807, 2.05) is 4.90 Å². The van der Waals surface area contributed by atoms with Crippen molar-refractivity contribution in [3.8, 4) is 11.6 Å². The average molecular weight is 430 g/mol. The Bertz CT molecular complexity index is 1090. The lowest BCUT2D eigenvalue weighted by atomic mass is 10.1. The number of hydrogen-bond donors (Lipinski definition) is 1. The minimum Gasteiger partial charge on any atom is -0.439 e. The fourth-order valence-electron chi connectivity index (χ4n) is 3.46. The van der Waals surface area contributed by atoms with E-state index >= 15 is 0 Å². The lowest BCUT2D eigenvalue weighted by Crippen LogP contribution is -2.52. The Balaban J connectivity index is 1.50. The van der Waals surface area contributed by atoms with Crippen LogP contribution in [0.2, 0.25) is 0 Å². The largest absolute Gasteiger partial charge is 0.439 e. The van der Waals surface area contributed by atoms with E-state index in [2.05, 4.69) is 22.2 Å². The van der Waals surface area contributed by atoms with Crippen LogP contribution in [0, 0.1) is 0 Å². The SMILES string of the molecule is CC[C@H]1CN(C(=O)c2ccc3cc(Oc4ccc(C(F)(F)F)cn4)ccc3n2)CCN1. The van der Waals surface area contributed by atoms with Crippen molar-refractivity contribution in [1.82, 2.24) is 20.2 Å². The molecule has 4 rings (SSSR count). The van der Waals surface area contributed by atoms with E-state index in [1.54, 1.807) is 30.3 Å². The second kappa shape index (κ2) is 8.50. The van der Waals surface area contributed by atoms with Gasteiger partial charge < -0.3 is 15.0 Å². The molecule has 3 aromatic rings. The van der Waals surface area contributed by atoms with Gasteiger partial charge in [0.25, 0.3) is 5.91 Å². The van der Waals surface area contributed by atoms with Gasteiger partial charge in [-0.15, -0.1) is 0 Å². The molecule has 1 aromatic carbocycles. The lowest BCUT2D eigenvalue weighted by molar-refractivity contribution is -0.137. The maximum Gasteiger partial charge on any atom is 0.417 e. The van der Waals surface area contributed by atoms with Crippen LogP contribution in [0.25, 0.3) is 10.9 Å². The van der Waals surface area contributed by atoms with Crippen molar-refractivity contribution >= 4 is 16.8 Å². The van der Waals surface area contributed by atoms with Crippen LogP contribution in [0.5, 0.6) is 11.6 Å². The Morgan fingerprint density at radius 1 is 1.23 bits per heavy atom. The number of carbonyl (C=O) groups is 1. The van der Waals surface area contributed by atoms with Crippen molar-refractivity contribution in [3.05, 3.63) is 59.9 Å². The smallest absolute Gasteiger partial charge is 0.417 e. The molecule has 1 aliphatic heterocycles. The molecular formula is C22H21F3N4O2. The molecule has 3 heterocycles. The molecule has 1 amide bonds. The van der Waals surface area contributed by atoms with Gasteiger partial charge in [-0.05, 0) is 36.8 Å². The van der Waals surface area contributed by atoms with E-state index in [-0.39, 0.29) is 17.8 Å². The monoisotopic (exact) mass is 430 g/mol. The number of carbonyl (C=O) groups excluding carboxylic acids is 1. The number of piperazine rings is 1. The summed E-state index contributed by atoms with van der Waals surface area (Å²) in [7, 11) is 0. The van der Waals surface area contributed by atoms with Crippen molar-refractivity contribution in [2.24, 2.45) is 0 Å². The Labute approximate surface area is 177 Å².